The first-order valence-electron chi connectivity index (χ1n) is 3.95. The highest BCUT2D eigenvalue weighted by atomic mass is 16.5. The smallest absolute Gasteiger partial charge is 0.0979 e. The quantitative estimate of drug-likeness (QED) is 0.459. The number of hydrogen-bond donors (Lipinski definition) is 0. The van der Waals surface area contributed by atoms with Gasteiger partial charge in [0.1, 0.15) is 0 Å². The Bertz CT molecular complexity index is 165. The Morgan fingerprint density at radius 2 is 2.27 bits per heavy atom. The first-order chi connectivity index (χ1) is 5.20. The Hall–Kier alpha value is -0.970. The molecule has 0 spiro atoms. The molecule has 0 rings (SSSR count). The Balaban J connectivity index is 3.83. The van der Waals surface area contributed by atoms with Crippen molar-refractivity contribution in [3.05, 3.63) is 11.8 Å². The summed E-state index contributed by atoms with van der Waals surface area (Å²) in [6.07, 6.45) is 3.52. The molecule has 0 bridgehead atoms. The van der Waals surface area contributed by atoms with Gasteiger partial charge in [0, 0.05) is 0 Å². The van der Waals surface area contributed by atoms with Crippen molar-refractivity contribution >= 4 is 0 Å². The van der Waals surface area contributed by atoms with Crippen LogP contribution >= 0.6 is 0 Å². The average Bonchev–Trinajstić information content (AvgIpc) is 1.97. The van der Waals surface area contributed by atoms with Gasteiger partial charge in [-0.15, -0.1) is 0 Å². The number of rotatable bonds is 4. The van der Waals surface area contributed by atoms with E-state index in [9.17, 15) is 0 Å². The summed E-state index contributed by atoms with van der Waals surface area (Å²) in [5.74, 6) is 0. The molecule has 0 heterocycles. The van der Waals surface area contributed by atoms with E-state index in [1.165, 1.54) is 0 Å². The van der Waals surface area contributed by atoms with Crippen molar-refractivity contribution in [2.75, 3.05) is 0 Å². The Labute approximate surface area is 68.5 Å². The van der Waals surface area contributed by atoms with E-state index in [1.54, 1.807) is 6.26 Å². The molecule has 0 aromatic carbocycles. The summed E-state index contributed by atoms with van der Waals surface area (Å²) >= 11 is 0. The molecule has 0 atom stereocenters. The molecule has 0 N–H and O–H groups in total. The van der Waals surface area contributed by atoms with Gasteiger partial charge in [0.15, 0.2) is 0 Å². The molecule has 0 aromatic rings. The minimum Gasteiger partial charge on any atom is -0.498 e. The van der Waals surface area contributed by atoms with Crippen LogP contribution in [0, 0.1) is 11.3 Å². The molecule has 0 aliphatic rings. The zero-order valence-corrected chi connectivity index (χ0v) is 7.42. The molecule has 62 valence electrons. The number of allylic oxidation sites excluding steroid dienone is 1. The van der Waals surface area contributed by atoms with Crippen LogP contribution in [0.4, 0.5) is 0 Å². The minimum absolute atomic E-state index is 0.162. The Morgan fingerprint density at radius 3 is 2.64 bits per heavy atom. The van der Waals surface area contributed by atoms with Crippen molar-refractivity contribution in [3.8, 4) is 6.07 Å². The van der Waals surface area contributed by atoms with Crippen molar-refractivity contribution in [2.45, 2.75) is 39.7 Å². The highest BCUT2D eigenvalue weighted by molar-refractivity contribution is 5.17. The molecule has 2 heteroatoms. The van der Waals surface area contributed by atoms with E-state index in [0.717, 1.165) is 18.4 Å². The second-order valence-corrected chi connectivity index (χ2v) is 2.69. The van der Waals surface area contributed by atoms with Crippen LogP contribution < -0.4 is 0 Å². The fraction of sp³-hybridized carbons (Fsp3) is 0.667. The zero-order valence-electron chi connectivity index (χ0n) is 7.42. The molecule has 2 nitrogen and oxygen atoms in total. The van der Waals surface area contributed by atoms with Crippen molar-refractivity contribution in [3.63, 3.8) is 0 Å². The lowest BCUT2D eigenvalue weighted by Gasteiger charge is -2.03. The summed E-state index contributed by atoms with van der Waals surface area (Å²) in [4.78, 5) is 0. The Kier molecular flexibility index (Phi) is 5.28. The van der Waals surface area contributed by atoms with Crippen LogP contribution in [0.25, 0.3) is 0 Å². The van der Waals surface area contributed by atoms with E-state index in [4.69, 9.17) is 10.00 Å². The summed E-state index contributed by atoms with van der Waals surface area (Å²) in [6, 6.07) is 2.09. The predicted octanol–water partition coefficient (Wildman–Crippen LogP) is 2.62. The van der Waals surface area contributed by atoms with Crippen LogP contribution in [0.3, 0.4) is 0 Å². The minimum atomic E-state index is 0.162. The van der Waals surface area contributed by atoms with Gasteiger partial charge in [-0.2, -0.15) is 5.26 Å². The lowest BCUT2D eigenvalue weighted by atomic mass is 10.2. The standard InChI is InChI=1S/C9H15NO/c1-4-5-9(6-10)7-11-8(2)3/h7-8H,4-5H2,1-3H3/b9-7-. The maximum atomic E-state index is 8.57. The SMILES string of the molecule is CCC/C(C#N)=C/OC(C)C. The van der Waals surface area contributed by atoms with Gasteiger partial charge in [0.05, 0.1) is 24.0 Å². The van der Waals surface area contributed by atoms with E-state index in [0.29, 0.717) is 0 Å². The maximum Gasteiger partial charge on any atom is 0.0979 e. The fourth-order valence-electron chi connectivity index (χ4n) is 0.629. The van der Waals surface area contributed by atoms with Crippen LogP contribution in [0.1, 0.15) is 33.6 Å². The number of nitrogens with zero attached hydrogens (tertiary/aromatic N) is 1. The van der Waals surface area contributed by atoms with Crippen molar-refractivity contribution < 1.29 is 4.74 Å². The molecule has 0 aliphatic carbocycles. The molecule has 0 aromatic heterocycles. The normalized spacial score (nSPS) is 11.4. The molecule has 0 saturated carbocycles. The van der Waals surface area contributed by atoms with E-state index < -0.39 is 0 Å². The third kappa shape index (κ3) is 5.47. The summed E-state index contributed by atoms with van der Waals surface area (Å²) in [5.41, 5.74) is 0.723. The maximum absolute atomic E-state index is 8.57. The van der Waals surface area contributed by atoms with Gasteiger partial charge in [-0.1, -0.05) is 13.3 Å². The molecule has 0 amide bonds. The average molecular weight is 153 g/mol. The molecule has 0 aliphatic heterocycles. The third-order valence-electron chi connectivity index (χ3n) is 1.15. The van der Waals surface area contributed by atoms with Gasteiger partial charge in [-0.05, 0) is 20.3 Å². The molecule has 0 radical (unpaired) electrons. The van der Waals surface area contributed by atoms with Gasteiger partial charge in [0.2, 0.25) is 0 Å². The Morgan fingerprint density at radius 1 is 1.64 bits per heavy atom. The van der Waals surface area contributed by atoms with E-state index in [2.05, 4.69) is 6.07 Å². The zero-order chi connectivity index (χ0) is 8.69. The highest BCUT2D eigenvalue weighted by Gasteiger charge is 1.94. The molecule has 11 heavy (non-hydrogen) atoms. The van der Waals surface area contributed by atoms with Gasteiger partial charge in [0.25, 0.3) is 0 Å². The highest BCUT2D eigenvalue weighted by Crippen LogP contribution is 2.04. The van der Waals surface area contributed by atoms with Gasteiger partial charge < -0.3 is 4.74 Å². The van der Waals surface area contributed by atoms with Crippen LogP contribution in [-0.2, 0) is 4.74 Å². The molecule has 0 fully saturated rings. The summed E-state index contributed by atoms with van der Waals surface area (Å²) < 4.78 is 5.16. The molecular weight excluding hydrogens is 138 g/mol. The number of ether oxygens (including phenoxy) is 1. The number of nitriles is 1. The van der Waals surface area contributed by atoms with Crippen LogP contribution in [0.2, 0.25) is 0 Å². The summed E-state index contributed by atoms with van der Waals surface area (Å²) in [6.45, 7) is 5.93. The summed E-state index contributed by atoms with van der Waals surface area (Å²) in [7, 11) is 0. The lowest BCUT2D eigenvalue weighted by molar-refractivity contribution is 0.177. The fourth-order valence-corrected chi connectivity index (χ4v) is 0.629. The van der Waals surface area contributed by atoms with Crippen molar-refractivity contribution in [1.29, 1.82) is 5.26 Å². The van der Waals surface area contributed by atoms with Crippen LogP contribution in [0.15, 0.2) is 11.8 Å². The van der Waals surface area contributed by atoms with E-state index in [1.807, 2.05) is 20.8 Å². The van der Waals surface area contributed by atoms with Crippen molar-refractivity contribution in [2.24, 2.45) is 0 Å². The van der Waals surface area contributed by atoms with Crippen molar-refractivity contribution in [1.82, 2.24) is 0 Å². The second kappa shape index (κ2) is 5.79. The van der Waals surface area contributed by atoms with Crippen LogP contribution in [-0.4, -0.2) is 6.10 Å². The van der Waals surface area contributed by atoms with Gasteiger partial charge >= 0.3 is 0 Å². The van der Waals surface area contributed by atoms with E-state index >= 15 is 0 Å². The molecular formula is C9H15NO. The number of hydrogen-bond acceptors (Lipinski definition) is 2. The first-order valence-corrected chi connectivity index (χ1v) is 3.95. The van der Waals surface area contributed by atoms with Gasteiger partial charge in [-0.3, -0.25) is 0 Å². The third-order valence-corrected chi connectivity index (χ3v) is 1.15. The predicted molar refractivity (Wildman–Crippen MR) is 44.8 cm³/mol. The molecule has 0 saturated heterocycles. The topological polar surface area (TPSA) is 33.0 Å². The first kappa shape index (κ1) is 10.0. The monoisotopic (exact) mass is 153 g/mol. The largest absolute Gasteiger partial charge is 0.498 e. The second-order valence-electron chi connectivity index (χ2n) is 2.69. The van der Waals surface area contributed by atoms with Crippen LogP contribution in [0.5, 0.6) is 0 Å². The lowest BCUT2D eigenvalue weighted by Crippen LogP contribution is -1.96. The summed E-state index contributed by atoms with van der Waals surface area (Å²) in [5, 5.41) is 8.57. The van der Waals surface area contributed by atoms with E-state index in [-0.39, 0.29) is 6.10 Å². The molecule has 0 unspecified atom stereocenters. The van der Waals surface area contributed by atoms with Gasteiger partial charge in [-0.25, -0.2) is 0 Å².